The summed E-state index contributed by atoms with van der Waals surface area (Å²) in [4.78, 5) is 25.5. The first kappa shape index (κ1) is 16.5. The molecule has 5 heteroatoms. The summed E-state index contributed by atoms with van der Waals surface area (Å²) in [6.45, 7) is 4.55. The van der Waals surface area contributed by atoms with Crippen LogP contribution >= 0.6 is 22.9 Å². The Morgan fingerprint density at radius 3 is 2.65 bits per heavy atom. The number of fused-ring (bicyclic) bond motifs is 1. The molecule has 2 aromatic rings. The molecule has 0 amide bonds. The molecule has 0 unspecified atom stereocenters. The van der Waals surface area contributed by atoms with Crippen molar-refractivity contribution in [3.63, 3.8) is 0 Å². The van der Waals surface area contributed by atoms with E-state index in [4.69, 9.17) is 16.3 Å². The lowest BCUT2D eigenvalue weighted by molar-refractivity contribution is -0.119. The molecule has 122 valence electrons. The predicted molar refractivity (Wildman–Crippen MR) is 94.1 cm³/mol. The van der Waals surface area contributed by atoms with Gasteiger partial charge in [0.2, 0.25) is 0 Å². The second-order valence-corrected chi connectivity index (χ2v) is 7.30. The largest absolute Gasteiger partial charge is 0.492 e. The van der Waals surface area contributed by atoms with E-state index in [9.17, 15) is 9.59 Å². The average Bonchev–Trinajstić information content (AvgIpc) is 3.31. The van der Waals surface area contributed by atoms with Gasteiger partial charge in [-0.15, -0.1) is 11.3 Å². The number of carbonyl (C=O) groups excluding carboxylic acids is 2. The Hall–Kier alpha value is -1.39. The lowest BCUT2D eigenvalue weighted by Gasteiger charge is -2.08. The first-order chi connectivity index (χ1) is 11.1. The topological polar surface area (TPSA) is 43.4 Å². The van der Waals surface area contributed by atoms with Gasteiger partial charge in [-0.25, -0.2) is 0 Å². The molecule has 0 spiro atoms. The van der Waals surface area contributed by atoms with Crippen molar-refractivity contribution in [3.8, 4) is 5.75 Å². The number of ketones is 2. The quantitative estimate of drug-likeness (QED) is 0.517. The number of carbonyl (C=O) groups is 2. The Morgan fingerprint density at radius 1 is 1.30 bits per heavy atom. The minimum atomic E-state index is -0.194. The van der Waals surface area contributed by atoms with Gasteiger partial charge in [-0.2, -0.15) is 0 Å². The van der Waals surface area contributed by atoms with Crippen LogP contribution in [0.5, 0.6) is 5.75 Å². The van der Waals surface area contributed by atoms with E-state index in [1.807, 2.05) is 13.0 Å². The molecule has 23 heavy (non-hydrogen) atoms. The Morgan fingerprint density at radius 2 is 2.04 bits per heavy atom. The van der Waals surface area contributed by atoms with Crippen molar-refractivity contribution in [1.82, 2.24) is 0 Å². The molecule has 3 nitrogen and oxygen atoms in total. The second kappa shape index (κ2) is 6.62. The molecule has 1 aliphatic rings. The number of hydrogen-bond acceptors (Lipinski definition) is 4. The van der Waals surface area contributed by atoms with Gasteiger partial charge >= 0.3 is 0 Å². The van der Waals surface area contributed by atoms with E-state index in [1.54, 1.807) is 17.4 Å². The Balaban J connectivity index is 2.01. The van der Waals surface area contributed by atoms with E-state index in [1.165, 1.54) is 0 Å². The van der Waals surface area contributed by atoms with E-state index in [2.05, 4.69) is 6.92 Å². The zero-order chi connectivity index (χ0) is 16.6. The minimum Gasteiger partial charge on any atom is -0.492 e. The van der Waals surface area contributed by atoms with Gasteiger partial charge in [0.25, 0.3) is 0 Å². The summed E-state index contributed by atoms with van der Waals surface area (Å²) in [6, 6.07) is 3.64. The molecule has 1 fully saturated rings. The normalized spacial score (nSPS) is 14.2. The molecule has 3 rings (SSSR count). The maximum atomic E-state index is 12.5. The first-order valence-corrected chi connectivity index (χ1v) is 9.18. The summed E-state index contributed by atoms with van der Waals surface area (Å²) in [6.07, 6.45) is 2.63. The van der Waals surface area contributed by atoms with Crippen LogP contribution in [0.1, 0.15) is 48.3 Å². The molecule has 1 aromatic carbocycles. The van der Waals surface area contributed by atoms with Crippen molar-refractivity contribution in [2.75, 3.05) is 6.61 Å². The van der Waals surface area contributed by atoms with Crippen LogP contribution in [0, 0.1) is 5.92 Å². The molecular formula is C18H19ClO3S. The number of Topliss-reactive ketones (excluding diaryl/α,β-unsaturated/α-hetero) is 2. The standard InChI is InChI=1S/C18H19ClO3S/c1-3-14-18(22-4-2)16-15(23-14)8-7-11(17(16)19)13(21)9-12(20)10-5-6-10/h7-8,10H,3-6,9H2,1-2H3. The van der Waals surface area contributed by atoms with Crippen molar-refractivity contribution in [2.24, 2.45) is 5.92 Å². The van der Waals surface area contributed by atoms with Crippen LogP contribution in [0.4, 0.5) is 0 Å². The van der Waals surface area contributed by atoms with E-state index >= 15 is 0 Å². The molecule has 0 aliphatic heterocycles. The van der Waals surface area contributed by atoms with Gasteiger partial charge in [0.15, 0.2) is 5.78 Å². The zero-order valence-electron chi connectivity index (χ0n) is 13.3. The summed E-state index contributed by atoms with van der Waals surface area (Å²) in [5.74, 6) is 0.715. The molecule has 1 aromatic heterocycles. The number of hydrogen-bond donors (Lipinski definition) is 0. The Bertz CT molecular complexity index is 774. The Labute approximate surface area is 144 Å². The van der Waals surface area contributed by atoms with Gasteiger partial charge in [-0.3, -0.25) is 9.59 Å². The van der Waals surface area contributed by atoms with Crippen LogP contribution in [0.25, 0.3) is 10.1 Å². The molecule has 0 bridgehead atoms. The molecule has 0 atom stereocenters. The molecule has 1 aliphatic carbocycles. The molecule has 1 heterocycles. The fourth-order valence-electron chi connectivity index (χ4n) is 2.72. The van der Waals surface area contributed by atoms with Crippen molar-refractivity contribution in [2.45, 2.75) is 39.5 Å². The number of halogens is 1. The lowest BCUT2D eigenvalue weighted by Crippen LogP contribution is -2.10. The van der Waals surface area contributed by atoms with Crippen LogP contribution in [-0.2, 0) is 11.2 Å². The first-order valence-electron chi connectivity index (χ1n) is 7.99. The zero-order valence-corrected chi connectivity index (χ0v) is 14.9. The van der Waals surface area contributed by atoms with Gasteiger partial charge in [0.05, 0.1) is 23.4 Å². The molecular weight excluding hydrogens is 332 g/mol. The smallest absolute Gasteiger partial charge is 0.171 e. The summed E-state index contributed by atoms with van der Waals surface area (Å²) >= 11 is 8.16. The van der Waals surface area contributed by atoms with Gasteiger partial charge in [-0.05, 0) is 38.3 Å². The predicted octanol–water partition coefficient (Wildman–Crippen LogP) is 5.07. The van der Waals surface area contributed by atoms with Crippen LogP contribution in [0.2, 0.25) is 5.02 Å². The SMILES string of the molecule is CCOc1c(CC)sc2ccc(C(=O)CC(=O)C3CC3)c(Cl)c12. The highest BCUT2D eigenvalue weighted by molar-refractivity contribution is 7.19. The summed E-state index contributed by atoms with van der Waals surface area (Å²) < 4.78 is 6.79. The van der Waals surface area contributed by atoms with Crippen LogP contribution in [0.15, 0.2) is 12.1 Å². The summed E-state index contributed by atoms with van der Waals surface area (Å²) in [7, 11) is 0. The Kier molecular flexibility index (Phi) is 4.74. The van der Waals surface area contributed by atoms with E-state index in [0.29, 0.717) is 17.2 Å². The number of rotatable bonds is 7. The maximum Gasteiger partial charge on any atom is 0.171 e. The third-order valence-electron chi connectivity index (χ3n) is 4.09. The number of thiophene rings is 1. The highest BCUT2D eigenvalue weighted by Gasteiger charge is 2.31. The van der Waals surface area contributed by atoms with Gasteiger partial charge in [0, 0.05) is 21.1 Å². The maximum absolute atomic E-state index is 12.5. The van der Waals surface area contributed by atoms with Gasteiger partial charge in [0.1, 0.15) is 11.5 Å². The second-order valence-electron chi connectivity index (χ2n) is 5.78. The molecule has 0 saturated heterocycles. The van der Waals surface area contributed by atoms with Crippen molar-refractivity contribution in [1.29, 1.82) is 0 Å². The number of benzene rings is 1. The van der Waals surface area contributed by atoms with Crippen molar-refractivity contribution < 1.29 is 14.3 Å². The monoisotopic (exact) mass is 350 g/mol. The highest BCUT2D eigenvalue weighted by atomic mass is 35.5. The number of aryl methyl sites for hydroxylation is 1. The minimum absolute atomic E-state index is 0.0377. The lowest BCUT2D eigenvalue weighted by atomic mass is 10.0. The number of ether oxygens (including phenoxy) is 1. The molecule has 0 radical (unpaired) electrons. The van der Waals surface area contributed by atoms with Crippen LogP contribution in [-0.4, -0.2) is 18.2 Å². The highest BCUT2D eigenvalue weighted by Crippen LogP contribution is 2.43. The van der Waals surface area contributed by atoms with Crippen molar-refractivity contribution >= 4 is 44.6 Å². The summed E-state index contributed by atoms with van der Waals surface area (Å²) in [5, 5.41) is 1.22. The molecule has 0 N–H and O–H groups in total. The fraction of sp³-hybridized carbons (Fsp3) is 0.444. The third kappa shape index (κ3) is 3.15. The van der Waals surface area contributed by atoms with Crippen LogP contribution < -0.4 is 4.74 Å². The van der Waals surface area contributed by atoms with Crippen molar-refractivity contribution in [3.05, 3.63) is 27.6 Å². The van der Waals surface area contributed by atoms with E-state index < -0.39 is 0 Å². The average molecular weight is 351 g/mol. The van der Waals surface area contributed by atoms with Crippen LogP contribution in [0.3, 0.4) is 0 Å². The third-order valence-corrected chi connectivity index (χ3v) is 5.77. The van der Waals surface area contributed by atoms with E-state index in [-0.39, 0.29) is 23.9 Å². The van der Waals surface area contributed by atoms with Gasteiger partial charge in [-0.1, -0.05) is 18.5 Å². The van der Waals surface area contributed by atoms with Gasteiger partial charge < -0.3 is 4.74 Å². The van der Waals surface area contributed by atoms with E-state index in [0.717, 1.165) is 40.0 Å². The summed E-state index contributed by atoms with van der Waals surface area (Å²) in [5.41, 5.74) is 0.426. The molecule has 1 saturated carbocycles. The fourth-order valence-corrected chi connectivity index (χ4v) is 4.23.